The Hall–Kier alpha value is 0.0500. The van der Waals surface area contributed by atoms with Gasteiger partial charge in [0.2, 0.25) is 0 Å². The molecule has 3 unspecified atom stereocenters. The van der Waals surface area contributed by atoms with Crippen molar-refractivity contribution in [2.75, 3.05) is 6.26 Å². The molecular formula is C13H23NS. The summed E-state index contributed by atoms with van der Waals surface area (Å²) in [6.45, 7) is 0. The van der Waals surface area contributed by atoms with Crippen LogP contribution in [-0.2, 0) is 0 Å². The van der Waals surface area contributed by atoms with Gasteiger partial charge in [0.05, 0.1) is 0 Å². The molecule has 1 nitrogen and oxygen atoms in total. The molecule has 0 aromatic heterocycles. The average molecular weight is 225 g/mol. The monoisotopic (exact) mass is 225 g/mol. The smallest absolute Gasteiger partial charge is 0.0198 e. The van der Waals surface area contributed by atoms with Gasteiger partial charge in [0.25, 0.3) is 0 Å². The Balaban J connectivity index is 1.83. The minimum absolute atomic E-state index is 0.757. The first-order valence-corrected chi connectivity index (χ1v) is 7.63. The largest absolute Gasteiger partial charge is 0.310 e. The number of hydrogen-bond acceptors (Lipinski definition) is 2. The SMILES string of the molecule is CSC1CCCCC1NC1CC=CCC1. The van der Waals surface area contributed by atoms with E-state index in [1.54, 1.807) is 0 Å². The third-order valence-corrected chi connectivity index (χ3v) is 4.89. The molecule has 0 amide bonds. The van der Waals surface area contributed by atoms with E-state index in [4.69, 9.17) is 0 Å². The first-order valence-electron chi connectivity index (χ1n) is 6.34. The fraction of sp³-hybridized carbons (Fsp3) is 0.846. The minimum Gasteiger partial charge on any atom is -0.310 e. The molecule has 1 N–H and O–H groups in total. The molecule has 0 aromatic carbocycles. The summed E-state index contributed by atoms with van der Waals surface area (Å²) in [5.74, 6) is 0. The summed E-state index contributed by atoms with van der Waals surface area (Å²) in [6.07, 6.45) is 16.5. The highest BCUT2D eigenvalue weighted by Gasteiger charge is 2.26. The summed E-state index contributed by atoms with van der Waals surface area (Å²) in [6, 6.07) is 1.54. The Morgan fingerprint density at radius 3 is 2.73 bits per heavy atom. The van der Waals surface area contributed by atoms with Gasteiger partial charge in [-0.1, -0.05) is 25.0 Å². The fourth-order valence-electron chi connectivity index (χ4n) is 2.82. The van der Waals surface area contributed by atoms with Crippen LogP contribution in [0.4, 0.5) is 0 Å². The molecule has 15 heavy (non-hydrogen) atoms. The van der Waals surface area contributed by atoms with Crippen molar-refractivity contribution in [3.8, 4) is 0 Å². The lowest BCUT2D eigenvalue weighted by atomic mass is 9.92. The van der Waals surface area contributed by atoms with Gasteiger partial charge in [0.15, 0.2) is 0 Å². The van der Waals surface area contributed by atoms with Crippen LogP contribution in [-0.4, -0.2) is 23.6 Å². The molecule has 2 aliphatic carbocycles. The van der Waals surface area contributed by atoms with E-state index < -0.39 is 0 Å². The summed E-state index contributed by atoms with van der Waals surface area (Å²) in [5.41, 5.74) is 0. The lowest BCUT2D eigenvalue weighted by Crippen LogP contribution is -2.46. The van der Waals surface area contributed by atoms with Crippen LogP contribution < -0.4 is 5.32 Å². The van der Waals surface area contributed by atoms with Crippen LogP contribution in [0.15, 0.2) is 12.2 Å². The van der Waals surface area contributed by atoms with E-state index in [2.05, 4.69) is 35.5 Å². The molecule has 2 heteroatoms. The molecule has 0 bridgehead atoms. The van der Waals surface area contributed by atoms with Crippen LogP contribution in [0, 0.1) is 0 Å². The standard InChI is InChI=1S/C13H23NS/c1-15-13-10-6-5-9-12(13)14-11-7-3-2-4-8-11/h2-3,11-14H,4-10H2,1H3. The van der Waals surface area contributed by atoms with E-state index in [1.165, 1.54) is 44.9 Å². The Labute approximate surface area is 98.1 Å². The van der Waals surface area contributed by atoms with Gasteiger partial charge >= 0.3 is 0 Å². The maximum atomic E-state index is 3.89. The van der Waals surface area contributed by atoms with E-state index in [-0.39, 0.29) is 0 Å². The molecule has 2 rings (SSSR count). The average Bonchev–Trinajstić information content (AvgIpc) is 2.31. The first kappa shape index (κ1) is 11.5. The summed E-state index contributed by atoms with van der Waals surface area (Å²) >= 11 is 2.06. The van der Waals surface area contributed by atoms with E-state index in [9.17, 15) is 0 Å². The number of nitrogens with one attached hydrogen (secondary N) is 1. The topological polar surface area (TPSA) is 12.0 Å². The maximum Gasteiger partial charge on any atom is 0.0198 e. The van der Waals surface area contributed by atoms with Crippen molar-refractivity contribution in [2.45, 2.75) is 62.3 Å². The normalized spacial score (nSPS) is 36.7. The summed E-state index contributed by atoms with van der Waals surface area (Å²) < 4.78 is 0. The number of hydrogen-bond donors (Lipinski definition) is 1. The molecule has 0 aliphatic heterocycles. The number of thioether (sulfide) groups is 1. The Morgan fingerprint density at radius 2 is 2.00 bits per heavy atom. The van der Waals surface area contributed by atoms with Gasteiger partial charge in [-0.2, -0.15) is 11.8 Å². The van der Waals surface area contributed by atoms with Gasteiger partial charge in [-0.3, -0.25) is 0 Å². The Kier molecular flexibility index (Phi) is 4.58. The van der Waals surface area contributed by atoms with Crippen molar-refractivity contribution in [1.82, 2.24) is 5.32 Å². The summed E-state index contributed by atoms with van der Waals surface area (Å²) in [7, 11) is 0. The first-order chi connectivity index (χ1) is 7.40. The zero-order chi connectivity index (χ0) is 10.5. The third-order valence-electron chi connectivity index (χ3n) is 3.72. The van der Waals surface area contributed by atoms with Gasteiger partial charge < -0.3 is 5.32 Å². The van der Waals surface area contributed by atoms with Crippen LogP contribution in [0.2, 0.25) is 0 Å². The van der Waals surface area contributed by atoms with Gasteiger partial charge in [-0.05, 0) is 38.4 Å². The quantitative estimate of drug-likeness (QED) is 0.739. The molecule has 1 saturated carbocycles. The molecule has 0 spiro atoms. The van der Waals surface area contributed by atoms with Crippen molar-refractivity contribution in [3.05, 3.63) is 12.2 Å². The second-order valence-corrected chi connectivity index (χ2v) is 5.89. The second kappa shape index (κ2) is 5.95. The highest BCUT2D eigenvalue weighted by Crippen LogP contribution is 2.28. The molecule has 0 aromatic rings. The van der Waals surface area contributed by atoms with Crippen LogP contribution in [0.25, 0.3) is 0 Å². The van der Waals surface area contributed by atoms with E-state index >= 15 is 0 Å². The van der Waals surface area contributed by atoms with Gasteiger partial charge in [-0.25, -0.2) is 0 Å². The molecule has 1 fully saturated rings. The second-order valence-electron chi connectivity index (χ2n) is 4.81. The van der Waals surface area contributed by atoms with Gasteiger partial charge in [0, 0.05) is 17.3 Å². The van der Waals surface area contributed by atoms with E-state index in [0.29, 0.717) is 0 Å². The highest BCUT2D eigenvalue weighted by molar-refractivity contribution is 7.99. The van der Waals surface area contributed by atoms with Crippen LogP contribution in [0.5, 0.6) is 0 Å². The zero-order valence-electron chi connectivity index (χ0n) is 9.74. The molecule has 2 aliphatic rings. The van der Waals surface area contributed by atoms with Crippen LogP contribution >= 0.6 is 11.8 Å². The number of rotatable bonds is 3. The predicted octanol–water partition coefficient (Wildman–Crippen LogP) is 3.36. The molecule has 0 heterocycles. The molecular weight excluding hydrogens is 202 g/mol. The highest BCUT2D eigenvalue weighted by atomic mass is 32.2. The Morgan fingerprint density at radius 1 is 1.13 bits per heavy atom. The van der Waals surface area contributed by atoms with Crippen molar-refractivity contribution in [3.63, 3.8) is 0 Å². The fourth-order valence-corrected chi connectivity index (χ4v) is 3.76. The van der Waals surface area contributed by atoms with Crippen LogP contribution in [0.3, 0.4) is 0 Å². The predicted molar refractivity (Wildman–Crippen MR) is 69.5 cm³/mol. The van der Waals surface area contributed by atoms with Crippen molar-refractivity contribution in [2.24, 2.45) is 0 Å². The van der Waals surface area contributed by atoms with E-state index in [1.807, 2.05) is 0 Å². The molecule has 0 radical (unpaired) electrons. The number of allylic oxidation sites excluding steroid dienone is 1. The summed E-state index contributed by atoms with van der Waals surface area (Å²) in [4.78, 5) is 0. The zero-order valence-corrected chi connectivity index (χ0v) is 10.6. The van der Waals surface area contributed by atoms with Crippen molar-refractivity contribution >= 4 is 11.8 Å². The minimum atomic E-state index is 0.757. The molecule has 0 saturated heterocycles. The van der Waals surface area contributed by atoms with Crippen molar-refractivity contribution < 1.29 is 0 Å². The Bertz CT molecular complexity index is 215. The third kappa shape index (κ3) is 3.25. The van der Waals surface area contributed by atoms with Gasteiger partial charge in [-0.15, -0.1) is 0 Å². The molecule has 3 atom stereocenters. The molecule has 86 valence electrons. The lowest BCUT2D eigenvalue weighted by Gasteiger charge is -2.34. The summed E-state index contributed by atoms with van der Waals surface area (Å²) in [5, 5.41) is 4.75. The van der Waals surface area contributed by atoms with Crippen molar-refractivity contribution in [1.29, 1.82) is 0 Å². The van der Waals surface area contributed by atoms with Crippen LogP contribution in [0.1, 0.15) is 44.9 Å². The van der Waals surface area contributed by atoms with Gasteiger partial charge in [0.1, 0.15) is 0 Å². The maximum absolute atomic E-state index is 3.89. The van der Waals surface area contributed by atoms with E-state index in [0.717, 1.165) is 17.3 Å². The lowest BCUT2D eigenvalue weighted by molar-refractivity contribution is 0.333.